The molecule has 0 bridgehead atoms. The summed E-state index contributed by atoms with van der Waals surface area (Å²) in [5, 5.41) is 3.26. The van der Waals surface area contributed by atoms with Crippen LogP contribution in [0.2, 0.25) is 12.6 Å². The summed E-state index contributed by atoms with van der Waals surface area (Å²) in [6.45, 7) is 5.79. The van der Waals surface area contributed by atoms with Crippen LogP contribution in [0.5, 0.6) is 0 Å². The fourth-order valence-corrected chi connectivity index (χ4v) is 2.14. The van der Waals surface area contributed by atoms with Crippen molar-refractivity contribution in [2.24, 2.45) is 5.73 Å². The normalized spacial score (nSPS) is 14.5. The molecule has 0 fully saturated rings. The van der Waals surface area contributed by atoms with E-state index >= 15 is 0 Å². The third-order valence-electron chi connectivity index (χ3n) is 2.09. The van der Waals surface area contributed by atoms with E-state index in [-0.39, 0.29) is 6.04 Å². The molecule has 1 atom stereocenters. The summed E-state index contributed by atoms with van der Waals surface area (Å²) in [5.41, 5.74) is 5.59. The van der Waals surface area contributed by atoms with Gasteiger partial charge in [-0.15, -0.1) is 0 Å². The number of hydrogen-bond donors (Lipinski definition) is 2. The monoisotopic (exact) mass is 206 g/mol. The van der Waals surface area contributed by atoms with E-state index in [0.717, 1.165) is 19.1 Å². The van der Waals surface area contributed by atoms with Crippen molar-refractivity contribution in [3.05, 3.63) is 0 Å². The molecule has 1 unspecified atom stereocenters. The highest BCUT2D eigenvalue weighted by Crippen LogP contribution is 2.09. The van der Waals surface area contributed by atoms with Crippen LogP contribution in [0.1, 0.15) is 6.92 Å². The zero-order chi connectivity index (χ0) is 10.3. The zero-order valence-corrected chi connectivity index (χ0v) is 10.1. The molecule has 0 rings (SSSR count). The van der Waals surface area contributed by atoms with Crippen LogP contribution < -0.4 is 11.1 Å². The van der Waals surface area contributed by atoms with Gasteiger partial charge in [-0.1, -0.05) is 0 Å². The molecule has 0 aliphatic carbocycles. The molecule has 0 aliphatic heterocycles. The number of nitrogens with one attached hydrogen (secondary N) is 1. The van der Waals surface area contributed by atoms with Crippen LogP contribution in [-0.4, -0.2) is 41.9 Å². The van der Waals surface area contributed by atoms with Gasteiger partial charge in [0.2, 0.25) is 0 Å². The minimum atomic E-state index is -1.87. The summed E-state index contributed by atoms with van der Waals surface area (Å²) in [7, 11) is 1.55. The van der Waals surface area contributed by atoms with Crippen molar-refractivity contribution < 1.29 is 8.85 Å². The second-order valence-electron chi connectivity index (χ2n) is 3.47. The molecule has 4 nitrogen and oxygen atoms in total. The minimum Gasteiger partial charge on any atom is -0.398 e. The van der Waals surface area contributed by atoms with Crippen molar-refractivity contribution >= 4 is 8.56 Å². The lowest BCUT2D eigenvalue weighted by Crippen LogP contribution is -2.40. The maximum atomic E-state index is 5.59. The van der Waals surface area contributed by atoms with E-state index in [0.29, 0.717) is 0 Å². The number of rotatable bonds is 7. The van der Waals surface area contributed by atoms with Gasteiger partial charge in [-0.05, 0) is 20.0 Å². The molecular formula is C8H22N2O2Si. The Morgan fingerprint density at radius 3 is 2.31 bits per heavy atom. The smallest absolute Gasteiger partial charge is 0.335 e. The van der Waals surface area contributed by atoms with Gasteiger partial charge >= 0.3 is 8.56 Å². The highest BCUT2D eigenvalue weighted by atomic mass is 28.4. The molecule has 13 heavy (non-hydrogen) atoms. The molecule has 0 spiro atoms. The average Bonchev–Trinajstić information content (AvgIpc) is 2.12. The van der Waals surface area contributed by atoms with Crippen molar-refractivity contribution in [1.29, 1.82) is 0 Å². The first-order chi connectivity index (χ1) is 6.04. The standard InChI is InChI=1S/C8H22N2O2Si/c1-8(9)7-10-5-6-13(4,11-2)12-3/h8,10H,5-7,9H2,1-4H3. The van der Waals surface area contributed by atoms with Gasteiger partial charge in [-0.2, -0.15) is 0 Å². The maximum Gasteiger partial charge on any atom is 0.335 e. The van der Waals surface area contributed by atoms with Crippen LogP contribution in [0, 0.1) is 0 Å². The van der Waals surface area contributed by atoms with Gasteiger partial charge in [0, 0.05) is 32.9 Å². The molecule has 5 heteroatoms. The molecule has 0 heterocycles. The topological polar surface area (TPSA) is 56.5 Å². The second kappa shape index (κ2) is 6.50. The van der Waals surface area contributed by atoms with E-state index in [2.05, 4.69) is 11.9 Å². The van der Waals surface area contributed by atoms with Crippen LogP contribution in [0.25, 0.3) is 0 Å². The molecule has 0 saturated carbocycles. The van der Waals surface area contributed by atoms with Gasteiger partial charge in [-0.25, -0.2) is 0 Å². The fraction of sp³-hybridized carbons (Fsp3) is 1.00. The molecular weight excluding hydrogens is 184 g/mol. The summed E-state index contributed by atoms with van der Waals surface area (Å²) in [5.74, 6) is 0. The van der Waals surface area contributed by atoms with E-state index in [9.17, 15) is 0 Å². The fourth-order valence-electron chi connectivity index (χ4n) is 0.933. The van der Waals surface area contributed by atoms with E-state index in [1.165, 1.54) is 0 Å². The predicted octanol–water partition coefficient (Wildman–Crippen LogP) is 0.288. The molecule has 0 aromatic rings. The molecule has 80 valence electrons. The van der Waals surface area contributed by atoms with Crippen molar-refractivity contribution in [3.8, 4) is 0 Å². The summed E-state index contributed by atoms with van der Waals surface area (Å²) in [6.07, 6.45) is 0. The quantitative estimate of drug-likeness (QED) is 0.464. The second-order valence-corrected chi connectivity index (χ2v) is 7.06. The third kappa shape index (κ3) is 6.17. The highest BCUT2D eigenvalue weighted by molar-refractivity contribution is 6.66. The average molecular weight is 206 g/mol. The van der Waals surface area contributed by atoms with Crippen LogP contribution in [0.3, 0.4) is 0 Å². The highest BCUT2D eigenvalue weighted by Gasteiger charge is 2.27. The Morgan fingerprint density at radius 1 is 1.38 bits per heavy atom. The Morgan fingerprint density at radius 2 is 1.92 bits per heavy atom. The summed E-state index contributed by atoms with van der Waals surface area (Å²) in [6, 6.07) is 1.16. The zero-order valence-electron chi connectivity index (χ0n) is 9.09. The molecule has 0 aliphatic rings. The Bertz CT molecular complexity index is 129. The lowest BCUT2D eigenvalue weighted by molar-refractivity contribution is 0.249. The Balaban J connectivity index is 3.50. The number of nitrogens with two attached hydrogens (primary N) is 1. The number of hydrogen-bond acceptors (Lipinski definition) is 4. The predicted molar refractivity (Wildman–Crippen MR) is 57.0 cm³/mol. The van der Waals surface area contributed by atoms with Crippen LogP contribution in [-0.2, 0) is 8.85 Å². The van der Waals surface area contributed by atoms with Crippen molar-refractivity contribution in [2.75, 3.05) is 27.3 Å². The van der Waals surface area contributed by atoms with Crippen LogP contribution in [0.4, 0.5) is 0 Å². The Hall–Kier alpha value is 0.0569. The first kappa shape index (κ1) is 13.1. The molecule has 0 amide bonds. The van der Waals surface area contributed by atoms with Crippen LogP contribution >= 0.6 is 0 Å². The summed E-state index contributed by atoms with van der Waals surface area (Å²) >= 11 is 0. The summed E-state index contributed by atoms with van der Waals surface area (Å²) < 4.78 is 10.7. The maximum absolute atomic E-state index is 5.59. The molecule has 0 aromatic heterocycles. The minimum absolute atomic E-state index is 0.206. The van der Waals surface area contributed by atoms with Gasteiger partial charge in [0.1, 0.15) is 0 Å². The van der Waals surface area contributed by atoms with Gasteiger partial charge in [0.25, 0.3) is 0 Å². The van der Waals surface area contributed by atoms with Gasteiger partial charge in [-0.3, -0.25) is 0 Å². The Kier molecular flexibility index (Phi) is 6.53. The molecule has 0 saturated heterocycles. The van der Waals surface area contributed by atoms with Gasteiger partial charge < -0.3 is 19.9 Å². The largest absolute Gasteiger partial charge is 0.398 e. The van der Waals surface area contributed by atoms with E-state index in [1.54, 1.807) is 14.2 Å². The SMILES string of the molecule is CO[Si](C)(CCNCC(C)N)OC. The van der Waals surface area contributed by atoms with E-state index < -0.39 is 8.56 Å². The van der Waals surface area contributed by atoms with Gasteiger partial charge in [0.15, 0.2) is 0 Å². The third-order valence-corrected chi connectivity index (χ3v) is 4.97. The van der Waals surface area contributed by atoms with Crippen molar-refractivity contribution in [1.82, 2.24) is 5.32 Å². The lowest BCUT2D eigenvalue weighted by Gasteiger charge is -2.22. The molecule has 3 N–H and O–H groups in total. The van der Waals surface area contributed by atoms with Crippen LogP contribution in [0.15, 0.2) is 0 Å². The van der Waals surface area contributed by atoms with E-state index in [1.807, 2.05) is 6.92 Å². The van der Waals surface area contributed by atoms with E-state index in [4.69, 9.17) is 14.6 Å². The van der Waals surface area contributed by atoms with Gasteiger partial charge in [0.05, 0.1) is 0 Å². The lowest BCUT2D eigenvalue weighted by atomic mass is 10.4. The molecule has 0 radical (unpaired) electrons. The van der Waals surface area contributed by atoms with Crippen molar-refractivity contribution in [3.63, 3.8) is 0 Å². The van der Waals surface area contributed by atoms with Crippen molar-refractivity contribution in [2.45, 2.75) is 25.6 Å². The molecule has 0 aromatic carbocycles. The summed E-state index contributed by atoms with van der Waals surface area (Å²) in [4.78, 5) is 0. The Labute approximate surface area is 82.0 Å². The first-order valence-corrected chi connectivity index (χ1v) is 7.13. The first-order valence-electron chi connectivity index (χ1n) is 4.60.